The van der Waals surface area contributed by atoms with Gasteiger partial charge in [-0.1, -0.05) is 49.4 Å². The Morgan fingerprint density at radius 1 is 0.971 bits per heavy atom. The second kappa shape index (κ2) is 10.1. The molecule has 0 saturated carbocycles. The normalized spacial score (nSPS) is 24.5. The molecule has 5 nitrogen and oxygen atoms in total. The fourth-order valence-corrected chi connectivity index (χ4v) is 6.37. The number of benzene rings is 2. The highest BCUT2D eigenvalue weighted by Crippen LogP contribution is 2.43. The summed E-state index contributed by atoms with van der Waals surface area (Å²) in [5, 5.41) is 0. The lowest BCUT2D eigenvalue weighted by Gasteiger charge is -2.39. The molecule has 0 bridgehead atoms. The molecule has 0 aromatic heterocycles. The number of hydrogen-bond acceptors (Lipinski definition) is 3. The van der Waals surface area contributed by atoms with Gasteiger partial charge in [-0.3, -0.25) is 9.59 Å². The first-order valence-electron chi connectivity index (χ1n) is 13.1. The summed E-state index contributed by atoms with van der Waals surface area (Å²) in [6, 6.07) is 17.1. The summed E-state index contributed by atoms with van der Waals surface area (Å²) in [7, 11) is 0. The molecule has 3 aliphatic rings. The fraction of sp³-hybridized carbons (Fsp3) is 0.517. The van der Waals surface area contributed by atoms with Crippen LogP contribution < -0.4 is 0 Å². The van der Waals surface area contributed by atoms with Crippen molar-refractivity contribution in [1.82, 2.24) is 14.7 Å². The van der Waals surface area contributed by atoms with Gasteiger partial charge in [0.15, 0.2) is 0 Å². The number of halogens is 1. The average molecular weight is 478 g/mol. The van der Waals surface area contributed by atoms with Crippen LogP contribution in [0.1, 0.15) is 49.7 Å². The molecule has 5 rings (SSSR count). The van der Waals surface area contributed by atoms with E-state index in [1.807, 2.05) is 22.8 Å². The van der Waals surface area contributed by atoms with E-state index in [4.69, 9.17) is 0 Å². The predicted octanol–water partition coefficient (Wildman–Crippen LogP) is 4.29. The summed E-state index contributed by atoms with van der Waals surface area (Å²) in [6.45, 7) is 7.72. The summed E-state index contributed by atoms with van der Waals surface area (Å²) >= 11 is 0. The highest BCUT2D eigenvalue weighted by Gasteiger charge is 2.48. The lowest BCUT2D eigenvalue weighted by Crippen LogP contribution is -2.46. The number of carbonyl (C=O) groups excluding carboxylic acids is 2. The standard InChI is InChI=1S/C29H36FN3O2/c1-2-27(34)33-20-24(26(21-33)23-6-4-3-5-7-23)19-31-15-12-29(13-16-31)14-17-32(28(29)35)18-22-8-10-25(30)11-9-22/h3-11,24,26H,2,12-21H2,1H3/t24?,26-/m1/s1. The Morgan fingerprint density at radius 2 is 1.66 bits per heavy atom. The highest BCUT2D eigenvalue weighted by molar-refractivity contribution is 5.85. The topological polar surface area (TPSA) is 43.9 Å². The number of rotatable bonds is 6. The first kappa shape index (κ1) is 24.0. The summed E-state index contributed by atoms with van der Waals surface area (Å²) in [6.07, 6.45) is 3.25. The largest absolute Gasteiger partial charge is 0.342 e. The number of amides is 2. The molecule has 3 saturated heterocycles. The number of nitrogens with zero attached hydrogens (tertiary/aromatic N) is 3. The molecule has 3 heterocycles. The van der Waals surface area contributed by atoms with Crippen LogP contribution in [0.15, 0.2) is 54.6 Å². The smallest absolute Gasteiger partial charge is 0.229 e. The number of hydrogen-bond donors (Lipinski definition) is 0. The monoisotopic (exact) mass is 477 g/mol. The Morgan fingerprint density at radius 3 is 2.34 bits per heavy atom. The van der Waals surface area contributed by atoms with E-state index in [9.17, 15) is 14.0 Å². The molecule has 0 radical (unpaired) electrons. The molecule has 35 heavy (non-hydrogen) atoms. The number of carbonyl (C=O) groups is 2. The maximum atomic E-state index is 13.4. The summed E-state index contributed by atoms with van der Waals surface area (Å²) in [4.78, 5) is 32.4. The third-order valence-corrected chi connectivity index (χ3v) is 8.52. The van der Waals surface area contributed by atoms with Crippen LogP contribution in [0.2, 0.25) is 0 Å². The molecule has 1 spiro atoms. The molecule has 2 atom stereocenters. The van der Waals surface area contributed by atoms with Crippen LogP contribution in [-0.4, -0.2) is 65.8 Å². The Bertz CT molecular complexity index is 1030. The molecule has 2 aromatic rings. The van der Waals surface area contributed by atoms with E-state index < -0.39 is 0 Å². The van der Waals surface area contributed by atoms with Crippen LogP contribution in [0, 0.1) is 17.2 Å². The average Bonchev–Trinajstić information content (AvgIpc) is 3.44. The van der Waals surface area contributed by atoms with Gasteiger partial charge in [0.25, 0.3) is 0 Å². The zero-order chi connectivity index (χ0) is 24.4. The van der Waals surface area contributed by atoms with E-state index in [0.717, 1.165) is 64.1 Å². The van der Waals surface area contributed by atoms with Gasteiger partial charge in [0.2, 0.25) is 11.8 Å². The molecule has 6 heteroatoms. The van der Waals surface area contributed by atoms with Crippen molar-refractivity contribution in [3.8, 4) is 0 Å². The second-order valence-corrected chi connectivity index (χ2v) is 10.6. The molecule has 0 aliphatic carbocycles. The third-order valence-electron chi connectivity index (χ3n) is 8.52. The van der Waals surface area contributed by atoms with Crippen molar-refractivity contribution in [3.05, 3.63) is 71.5 Å². The van der Waals surface area contributed by atoms with E-state index in [-0.39, 0.29) is 23.0 Å². The van der Waals surface area contributed by atoms with Crippen molar-refractivity contribution in [2.75, 3.05) is 39.3 Å². The number of piperidine rings is 1. The van der Waals surface area contributed by atoms with Gasteiger partial charge in [-0.2, -0.15) is 0 Å². The van der Waals surface area contributed by atoms with Crippen molar-refractivity contribution in [2.24, 2.45) is 11.3 Å². The van der Waals surface area contributed by atoms with Gasteiger partial charge in [-0.25, -0.2) is 4.39 Å². The van der Waals surface area contributed by atoms with Crippen molar-refractivity contribution in [2.45, 2.75) is 45.1 Å². The van der Waals surface area contributed by atoms with E-state index in [1.54, 1.807) is 12.1 Å². The molecule has 0 N–H and O–H groups in total. The van der Waals surface area contributed by atoms with Crippen molar-refractivity contribution in [1.29, 1.82) is 0 Å². The maximum absolute atomic E-state index is 13.4. The maximum Gasteiger partial charge on any atom is 0.229 e. The highest BCUT2D eigenvalue weighted by atomic mass is 19.1. The Hall–Kier alpha value is -2.73. The molecule has 2 amide bonds. The van der Waals surface area contributed by atoms with Gasteiger partial charge in [0.1, 0.15) is 5.82 Å². The van der Waals surface area contributed by atoms with Crippen LogP contribution in [0.4, 0.5) is 4.39 Å². The molecular formula is C29H36FN3O2. The van der Waals surface area contributed by atoms with E-state index in [0.29, 0.717) is 24.8 Å². The molecule has 1 unspecified atom stereocenters. The van der Waals surface area contributed by atoms with Gasteiger partial charge >= 0.3 is 0 Å². The zero-order valence-electron chi connectivity index (χ0n) is 20.7. The van der Waals surface area contributed by atoms with Crippen molar-refractivity contribution in [3.63, 3.8) is 0 Å². The van der Waals surface area contributed by atoms with Crippen LogP contribution in [-0.2, 0) is 16.1 Å². The van der Waals surface area contributed by atoms with Crippen molar-refractivity contribution >= 4 is 11.8 Å². The predicted molar refractivity (Wildman–Crippen MR) is 134 cm³/mol. The minimum Gasteiger partial charge on any atom is -0.342 e. The van der Waals surface area contributed by atoms with Gasteiger partial charge in [-0.05, 0) is 61.5 Å². The summed E-state index contributed by atoms with van der Waals surface area (Å²) < 4.78 is 13.2. The molecule has 3 fully saturated rings. The Kier molecular flexibility index (Phi) is 6.92. The third kappa shape index (κ3) is 4.99. The van der Waals surface area contributed by atoms with Gasteiger partial charge < -0.3 is 14.7 Å². The number of likely N-dealkylation sites (tertiary alicyclic amines) is 3. The molecule has 3 aliphatic heterocycles. The van der Waals surface area contributed by atoms with E-state index in [1.165, 1.54) is 17.7 Å². The van der Waals surface area contributed by atoms with Crippen LogP contribution >= 0.6 is 0 Å². The van der Waals surface area contributed by atoms with E-state index in [2.05, 4.69) is 29.2 Å². The van der Waals surface area contributed by atoms with Gasteiger partial charge in [-0.15, -0.1) is 0 Å². The Labute approximate surface area is 207 Å². The SMILES string of the molecule is CCC(=O)N1CC(CN2CCC3(CC2)CCN(Cc2ccc(F)cc2)C3=O)[C@@H](c2ccccc2)C1. The van der Waals surface area contributed by atoms with Crippen LogP contribution in [0.5, 0.6) is 0 Å². The first-order chi connectivity index (χ1) is 17.0. The molecule has 2 aromatic carbocycles. The Balaban J connectivity index is 1.20. The minimum atomic E-state index is -0.246. The lowest BCUT2D eigenvalue weighted by atomic mass is 9.76. The zero-order valence-corrected chi connectivity index (χ0v) is 20.7. The molecular weight excluding hydrogens is 441 g/mol. The first-order valence-corrected chi connectivity index (χ1v) is 13.1. The van der Waals surface area contributed by atoms with Gasteiger partial charge in [0, 0.05) is 45.1 Å². The van der Waals surface area contributed by atoms with E-state index >= 15 is 0 Å². The minimum absolute atomic E-state index is 0.240. The van der Waals surface area contributed by atoms with Crippen LogP contribution in [0.25, 0.3) is 0 Å². The quantitative estimate of drug-likeness (QED) is 0.623. The summed E-state index contributed by atoms with van der Waals surface area (Å²) in [5.74, 6) is 1.04. The molecule has 186 valence electrons. The van der Waals surface area contributed by atoms with Crippen molar-refractivity contribution < 1.29 is 14.0 Å². The second-order valence-electron chi connectivity index (χ2n) is 10.6. The lowest BCUT2D eigenvalue weighted by molar-refractivity contribution is -0.139. The van der Waals surface area contributed by atoms with Gasteiger partial charge in [0.05, 0.1) is 5.41 Å². The fourth-order valence-electron chi connectivity index (χ4n) is 6.37. The summed E-state index contributed by atoms with van der Waals surface area (Å²) in [5.41, 5.74) is 2.06. The van der Waals surface area contributed by atoms with Crippen LogP contribution in [0.3, 0.4) is 0 Å².